The van der Waals surface area contributed by atoms with Crippen molar-refractivity contribution in [3.8, 4) is 0 Å². The molecule has 3 amide bonds. The molecule has 0 radical (unpaired) electrons. The van der Waals surface area contributed by atoms with Crippen molar-refractivity contribution in [3.63, 3.8) is 0 Å². The zero-order chi connectivity index (χ0) is 18.0. The summed E-state index contributed by atoms with van der Waals surface area (Å²) in [6.45, 7) is 5.54. The summed E-state index contributed by atoms with van der Waals surface area (Å²) in [6, 6.07) is 1.66. The average molecular weight is 362 g/mol. The molecular weight excluding hydrogens is 340 g/mol. The third-order valence-corrected chi connectivity index (χ3v) is 5.13. The van der Waals surface area contributed by atoms with E-state index in [0.29, 0.717) is 10.9 Å². The van der Waals surface area contributed by atoms with Crippen LogP contribution in [0.4, 0.5) is 4.79 Å². The highest BCUT2D eigenvalue weighted by molar-refractivity contribution is 8.00. The van der Waals surface area contributed by atoms with Crippen molar-refractivity contribution in [1.82, 2.24) is 30.2 Å². The molecule has 1 fully saturated rings. The number of imide groups is 1. The Morgan fingerprint density at radius 3 is 2.72 bits per heavy atom. The zero-order valence-corrected chi connectivity index (χ0v) is 15.4. The van der Waals surface area contributed by atoms with Gasteiger partial charge in [0.1, 0.15) is 0 Å². The topological polar surface area (TPSA) is 101 Å². The maximum absolute atomic E-state index is 12.2. The largest absolute Gasteiger partial charge is 0.335 e. The van der Waals surface area contributed by atoms with Gasteiger partial charge in [0, 0.05) is 17.4 Å². The van der Waals surface area contributed by atoms with Crippen LogP contribution in [-0.4, -0.2) is 42.8 Å². The van der Waals surface area contributed by atoms with Crippen LogP contribution in [-0.2, 0) is 4.79 Å². The number of aryl methyl sites for hydroxylation is 2. The van der Waals surface area contributed by atoms with Gasteiger partial charge < -0.3 is 5.32 Å². The van der Waals surface area contributed by atoms with Gasteiger partial charge in [0.2, 0.25) is 11.1 Å². The molecule has 0 aromatic carbocycles. The molecule has 25 heavy (non-hydrogen) atoms. The molecule has 2 aromatic rings. The highest BCUT2D eigenvalue weighted by Gasteiger charge is 2.22. The molecule has 0 unspecified atom stereocenters. The van der Waals surface area contributed by atoms with Gasteiger partial charge in [0.15, 0.2) is 0 Å². The first-order valence-electron chi connectivity index (χ1n) is 8.41. The van der Waals surface area contributed by atoms with Gasteiger partial charge in [-0.05, 0) is 39.7 Å². The minimum atomic E-state index is -0.492. The van der Waals surface area contributed by atoms with E-state index < -0.39 is 11.3 Å². The van der Waals surface area contributed by atoms with Crippen LogP contribution < -0.4 is 10.6 Å². The number of thioether (sulfide) groups is 1. The molecule has 0 aliphatic heterocycles. The molecular formula is C16H22N6O2S. The normalized spacial score (nSPS) is 16.1. The number of fused-ring (bicyclic) bond motifs is 1. The van der Waals surface area contributed by atoms with Gasteiger partial charge in [-0.2, -0.15) is 4.98 Å². The second-order valence-electron chi connectivity index (χ2n) is 6.35. The van der Waals surface area contributed by atoms with E-state index in [0.717, 1.165) is 37.1 Å². The van der Waals surface area contributed by atoms with E-state index in [1.54, 1.807) is 11.4 Å². The number of rotatable bonds is 4. The summed E-state index contributed by atoms with van der Waals surface area (Å²) in [6.07, 6.45) is 4.20. The van der Waals surface area contributed by atoms with Gasteiger partial charge >= 0.3 is 6.03 Å². The summed E-state index contributed by atoms with van der Waals surface area (Å²) in [7, 11) is 0. The highest BCUT2D eigenvalue weighted by atomic mass is 32.2. The highest BCUT2D eigenvalue weighted by Crippen LogP contribution is 2.21. The molecule has 9 heteroatoms. The molecule has 2 N–H and O–H groups in total. The van der Waals surface area contributed by atoms with E-state index in [1.165, 1.54) is 11.8 Å². The first-order chi connectivity index (χ1) is 11.9. The van der Waals surface area contributed by atoms with Crippen molar-refractivity contribution in [1.29, 1.82) is 0 Å². The number of nitrogens with zero attached hydrogens (tertiary/aromatic N) is 4. The lowest BCUT2D eigenvalue weighted by molar-refractivity contribution is -0.119. The molecule has 134 valence electrons. The number of hydrogen-bond acceptors (Lipinski definition) is 6. The summed E-state index contributed by atoms with van der Waals surface area (Å²) >= 11 is 1.20. The zero-order valence-electron chi connectivity index (χ0n) is 14.6. The van der Waals surface area contributed by atoms with E-state index >= 15 is 0 Å². The second-order valence-corrected chi connectivity index (χ2v) is 7.66. The van der Waals surface area contributed by atoms with Crippen molar-refractivity contribution >= 4 is 29.5 Å². The monoisotopic (exact) mass is 362 g/mol. The third kappa shape index (κ3) is 4.28. The summed E-state index contributed by atoms with van der Waals surface area (Å²) in [5.41, 5.74) is 1.79. The Balaban J connectivity index is 1.59. The summed E-state index contributed by atoms with van der Waals surface area (Å²) < 4.78 is 1.65. The van der Waals surface area contributed by atoms with Crippen LogP contribution in [0.1, 0.15) is 44.0 Å². The summed E-state index contributed by atoms with van der Waals surface area (Å²) in [5, 5.41) is 9.56. The summed E-state index contributed by atoms with van der Waals surface area (Å²) in [4.78, 5) is 32.8. The van der Waals surface area contributed by atoms with Gasteiger partial charge in [-0.1, -0.05) is 24.6 Å². The maximum Gasteiger partial charge on any atom is 0.321 e. The molecule has 2 heterocycles. The number of amides is 3. The van der Waals surface area contributed by atoms with Crippen molar-refractivity contribution in [2.24, 2.45) is 0 Å². The van der Waals surface area contributed by atoms with E-state index in [1.807, 2.05) is 19.9 Å². The standard InChI is InChI=1S/C16H22N6O2S/c1-9-8-10(2)22-14(17-9)20-16(21-22)25-11(3)13(23)19-15(24)18-12-6-4-5-7-12/h8,11-12H,4-7H2,1-3H3,(H2,18,19,23,24)/t11-/m1/s1. The molecule has 2 aromatic heterocycles. The molecule has 3 rings (SSSR count). The third-order valence-electron chi connectivity index (χ3n) is 4.18. The minimum Gasteiger partial charge on any atom is -0.335 e. The lowest BCUT2D eigenvalue weighted by Crippen LogP contribution is -2.45. The molecule has 0 bridgehead atoms. The van der Waals surface area contributed by atoms with Crippen molar-refractivity contribution < 1.29 is 9.59 Å². The predicted octanol–water partition coefficient (Wildman–Crippen LogP) is 1.99. The Morgan fingerprint density at radius 2 is 2.00 bits per heavy atom. The van der Waals surface area contributed by atoms with Crippen LogP contribution in [0.3, 0.4) is 0 Å². The quantitative estimate of drug-likeness (QED) is 0.807. The lowest BCUT2D eigenvalue weighted by atomic mass is 10.2. The Kier molecular flexibility index (Phi) is 5.22. The van der Waals surface area contributed by atoms with Crippen LogP contribution in [0.15, 0.2) is 11.2 Å². The molecule has 1 atom stereocenters. The van der Waals surface area contributed by atoms with E-state index in [2.05, 4.69) is 25.7 Å². The molecule has 0 spiro atoms. The SMILES string of the molecule is Cc1cc(C)n2nc(S[C@H](C)C(=O)NC(=O)NC3CCCC3)nc2n1. The first kappa shape index (κ1) is 17.7. The van der Waals surface area contributed by atoms with Gasteiger partial charge in [-0.25, -0.2) is 14.3 Å². The van der Waals surface area contributed by atoms with Crippen LogP contribution in [0.2, 0.25) is 0 Å². The van der Waals surface area contributed by atoms with Crippen LogP contribution in [0.5, 0.6) is 0 Å². The van der Waals surface area contributed by atoms with E-state index in [-0.39, 0.29) is 11.9 Å². The van der Waals surface area contributed by atoms with Gasteiger partial charge in [-0.15, -0.1) is 5.10 Å². The number of hydrogen-bond donors (Lipinski definition) is 2. The fourth-order valence-corrected chi connectivity index (χ4v) is 3.66. The van der Waals surface area contributed by atoms with Crippen LogP contribution in [0.25, 0.3) is 5.78 Å². The molecule has 1 saturated carbocycles. The molecule has 0 saturated heterocycles. The van der Waals surface area contributed by atoms with Crippen LogP contribution >= 0.6 is 11.8 Å². The lowest BCUT2D eigenvalue weighted by Gasteiger charge is -2.14. The smallest absolute Gasteiger partial charge is 0.321 e. The van der Waals surface area contributed by atoms with E-state index in [4.69, 9.17) is 0 Å². The number of carbonyl (C=O) groups is 2. The molecule has 1 aliphatic carbocycles. The minimum absolute atomic E-state index is 0.174. The number of aromatic nitrogens is 4. The number of carbonyl (C=O) groups excluding carboxylic acids is 2. The van der Waals surface area contributed by atoms with Crippen LogP contribution in [0, 0.1) is 13.8 Å². The maximum atomic E-state index is 12.2. The van der Waals surface area contributed by atoms with Gasteiger partial charge in [0.25, 0.3) is 5.78 Å². The van der Waals surface area contributed by atoms with Crippen molar-refractivity contribution in [2.75, 3.05) is 0 Å². The Morgan fingerprint density at radius 1 is 1.28 bits per heavy atom. The fourth-order valence-electron chi connectivity index (χ4n) is 2.91. The van der Waals surface area contributed by atoms with Crippen molar-refractivity contribution in [3.05, 3.63) is 17.5 Å². The Labute approximate surface area is 150 Å². The van der Waals surface area contributed by atoms with Crippen molar-refractivity contribution in [2.45, 2.75) is 62.9 Å². The molecule has 1 aliphatic rings. The Hall–Kier alpha value is -2.16. The number of nitrogens with one attached hydrogen (secondary N) is 2. The average Bonchev–Trinajstić information content (AvgIpc) is 3.16. The summed E-state index contributed by atoms with van der Waals surface area (Å²) in [5.74, 6) is 0.145. The number of urea groups is 1. The van der Waals surface area contributed by atoms with E-state index in [9.17, 15) is 9.59 Å². The second kappa shape index (κ2) is 7.38. The fraction of sp³-hybridized carbons (Fsp3) is 0.562. The predicted molar refractivity (Wildman–Crippen MR) is 94.5 cm³/mol. The molecule has 8 nitrogen and oxygen atoms in total. The van der Waals surface area contributed by atoms with Gasteiger partial charge in [0.05, 0.1) is 5.25 Å². The van der Waals surface area contributed by atoms with Gasteiger partial charge in [-0.3, -0.25) is 10.1 Å². The Bertz CT molecular complexity index is 799. The first-order valence-corrected chi connectivity index (χ1v) is 9.29.